The second-order valence-electron chi connectivity index (χ2n) is 6.74. The van der Waals surface area contributed by atoms with Crippen LogP contribution in [0.1, 0.15) is 36.8 Å². The Bertz CT molecular complexity index is 846. The summed E-state index contributed by atoms with van der Waals surface area (Å²) in [6, 6.07) is 10.5. The zero-order valence-electron chi connectivity index (χ0n) is 15.4. The van der Waals surface area contributed by atoms with Gasteiger partial charge in [-0.25, -0.2) is 8.42 Å². The van der Waals surface area contributed by atoms with Gasteiger partial charge < -0.3 is 9.47 Å². The molecule has 2 aromatic rings. The molecule has 1 aliphatic carbocycles. The fourth-order valence-electron chi connectivity index (χ4n) is 3.46. The third-order valence-corrected chi connectivity index (χ3v) is 6.34. The SMILES string of the molecule is COc1cc(C)c(S(=O)(=O)Nc2ccc(OC3CCCC3)cc2)c(C)c1. The van der Waals surface area contributed by atoms with Crippen LogP contribution in [0.25, 0.3) is 0 Å². The Morgan fingerprint density at radius 3 is 2.08 bits per heavy atom. The Hall–Kier alpha value is -2.21. The van der Waals surface area contributed by atoms with Crippen LogP contribution in [0.4, 0.5) is 5.69 Å². The number of benzene rings is 2. The third-order valence-electron chi connectivity index (χ3n) is 4.65. The highest BCUT2D eigenvalue weighted by Gasteiger charge is 2.21. The van der Waals surface area contributed by atoms with Gasteiger partial charge in [-0.1, -0.05) is 0 Å². The second kappa shape index (κ2) is 7.58. The molecule has 0 unspecified atom stereocenters. The first kappa shape index (κ1) is 18.6. The first-order valence-electron chi connectivity index (χ1n) is 8.84. The average molecular weight is 375 g/mol. The zero-order chi connectivity index (χ0) is 18.7. The van der Waals surface area contributed by atoms with Crippen molar-refractivity contribution in [3.05, 3.63) is 47.5 Å². The molecule has 5 nitrogen and oxygen atoms in total. The molecule has 0 atom stereocenters. The summed E-state index contributed by atoms with van der Waals surface area (Å²) >= 11 is 0. The molecular weight excluding hydrogens is 350 g/mol. The van der Waals surface area contributed by atoms with E-state index in [9.17, 15) is 8.42 Å². The highest BCUT2D eigenvalue weighted by molar-refractivity contribution is 7.92. The number of methoxy groups -OCH3 is 1. The molecule has 1 aliphatic rings. The van der Waals surface area contributed by atoms with Crippen molar-refractivity contribution in [2.24, 2.45) is 0 Å². The fraction of sp³-hybridized carbons (Fsp3) is 0.400. The van der Waals surface area contributed by atoms with Crippen LogP contribution >= 0.6 is 0 Å². The first-order valence-corrected chi connectivity index (χ1v) is 10.3. The van der Waals surface area contributed by atoms with Gasteiger partial charge in [0.05, 0.1) is 18.1 Å². The smallest absolute Gasteiger partial charge is 0.262 e. The van der Waals surface area contributed by atoms with Gasteiger partial charge >= 0.3 is 0 Å². The third kappa shape index (κ3) is 4.12. The molecule has 1 saturated carbocycles. The van der Waals surface area contributed by atoms with Gasteiger partial charge in [0.2, 0.25) is 0 Å². The summed E-state index contributed by atoms with van der Waals surface area (Å²) in [5.41, 5.74) is 1.81. The summed E-state index contributed by atoms with van der Waals surface area (Å²) in [5, 5.41) is 0. The van der Waals surface area contributed by atoms with Crippen molar-refractivity contribution in [3.63, 3.8) is 0 Å². The van der Waals surface area contributed by atoms with E-state index in [1.807, 2.05) is 12.1 Å². The predicted octanol–water partition coefficient (Wildman–Crippen LogP) is 4.43. The summed E-state index contributed by atoms with van der Waals surface area (Å²) in [5.74, 6) is 1.42. The number of sulfonamides is 1. The molecule has 140 valence electrons. The van der Waals surface area contributed by atoms with Crippen LogP contribution in [0.5, 0.6) is 11.5 Å². The molecule has 1 fully saturated rings. The van der Waals surface area contributed by atoms with E-state index in [1.165, 1.54) is 12.8 Å². The van der Waals surface area contributed by atoms with Crippen molar-refractivity contribution in [3.8, 4) is 11.5 Å². The van der Waals surface area contributed by atoms with Crippen molar-refractivity contribution in [2.75, 3.05) is 11.8 Å². The molecular formula is C20H25NO4S. The van der Waals surface area contributed by atoms with E-state index in [1.54, 1.807) is 45.2 Å². The van der Waals surface area contributed by atoms with Gasteiger partial charge in [-0.3, -0.25) is 4.72 Å². The molecule has 1 N–H and O–H groups in total. The molecule has 0 saturated heterocycles. The lowest BCUT2D eigenvalue weighted by Crippen LogP contribution is -2.16. The van der Waals surface area contributed by atoms with Crippen LogP contribution in [0.15, 0.2) is 41.3 Å². The van der Waals surface area contributed by atoms with Crippen LogP contribution in [-0.2, 0) is 10.0 Å². The standard InChI is InChI=1S/C20H25NO4S/c1-14-12-19(24-3)13-15(2)20(14)26(22,23)21-16-8-10-18(11-9-16)25-17-6-4-5-7-17/h8-13,17,21H,4-7H2,1-3H3. The van der Waals surface area contributed by atoms with Crippen LogP contribution in [-0.4, -0.2) is 21.6 Å². The highest BCUT2D eigenvalue weighted by Crippen LogP contribution is 2.29. The van der Waals surface area contributed by atoms with E-state index in [0.717, 1.165) is 18.6 Å². The maximum Gasteiger partial charge on any atom is 0.262 e. The fourth-order valence-corrected chi connectivity index (χ4v) is 4.97. The minimum atomic E-state index is -3.68. The molecule has 0 spiro atoms. The van der Waals surface area contributed by atoms with E-state index in [-0.39, 0.29) is 11.0 Å². The molecule has 6 heteroatoms. The molecule has 0 aliphatic heterocycles. The monoisotopic (exact) mass is 375 g/mol. The van der Waals surface area contributed by atoms with E-state index < -0.39 is 10.0 Å². The largest absolute Gasteiger partial charge is 0.497 e. The Morgan fingerprint density at radius 1 is 0.962 bits per heavy atom. The molecule has 3 rings (SSSR count). The Kier molecular flexibility index (Phi) is 5.41. The summed E-state index contributed by atoms with van der Waals surface area (Å²) < 4.78 is 39.4. The number of ether oxygens (including phenoxy) is 2. The Morgan fingerprint density at radius 2 is 1.54 bits per heavy atom. The lowest BCUT2D eigenvalue weighted by Gasteiger charge is -2.16. The van der Waals surface area contributed by atoms with Crippen molar-refractivity contribution < 1.29 is 17.9 Å². The number of hydrogen-bond donors (Lipinski definition) is 1. The zero-order valence-corrected chi connectivity index (χ0v) is 16.2. The van der Waals surface area contributed by atoms with Gasteiger partial charge in [0.25, 0.3) is 10.0 Å². The topological polar surface area (TPSA) is 64.6 Å². The van der Waals surface area contributed by atoms with Crippen molar-refractivity contribution >= 4 is 15.7 Å². The lowest BCUT2D eigenvalue weighted by atomic mass is 10.1. The van der Waals surface area contributed by atoms with Crippen molar-refractivity contribution in [1.29, 1.82) is 0 Å². The van der Waals surface area contributed by atoms with Crippen LogP contribution in [0.2, 0.25) is 0 Å². The van der Waals surface area contributed by atoms with E-state index in [2.05, 4.69) is 4.72 Å². The van der Waals surface area contributed by atoms with Gasteiger partial charge in [0.1, 0.15) is 11.5 Å². The molecule has 0 amide bonds. The quantitative estimate of drug-likeness (QED) is 0.811. The maximum absolute atomic E-state index is 12.8. The van der Waals surface area contributed by atoms with Gasteiger partial charge in [0, 0.05) is 5.69 Å². The molecule has 0 aromatic heterocycles. The lowest BCUT2D eigenvalue weighted by molar-refractivity contribution is 0.210. The highest BCUT2D eigenvalue weighted by atomic mass is 32.2. The van der Waals surface area contributed by atoms with Gasteiger partial charge in [-0.15, -0.1) is 0 Å². The number of rotatable bonds is 6. The number of aryl methyl sites for hydroxylation is 2. The minimum Gasteiger partial charge on any atom is -0.497 e. The molecule has 2 aromatic carbocycles. The van der Waals surface area contributed by atoms with E-state index >= 15 is 0 Å². The van der Waals surface area contributed by atoms with Gasteiger partial charge in [-0.05, 0) is 87.1 Å². The maximum atomic E-state index is 12.8. The summed E-state index contributed by atoms with van der Waals surface area (Å²) in [4.78, 5) is 0.282. The molecule has 0 bridgehead atoms. The molecule has 0 radical (unpaired) electrons. The minimum absolute atomic E-state index is 0.280. The number of hydrogen-bond acceptors (Lipinski definition) is 4. The van der Waals surface area contributed by atoms with Crippen molar-refractivity contribution in [2.45, 2.75) is 50.5 Å². The van der Waals surface area contributed by atoms with E-state index in [4.69, 9.17) is 9.47 Å². The summed E-state index contributed by atoms with van der Waals surface area (Å²) in [7, 11) is -2.12. The average Bonchev–Trinajstić information content (AvgIpc) is 3.08. The molecule has 0 heterocycles. The van der Waals surface area contributed by atoms with Gasteiger partial charge in [-0.2, -0.15) is 0 Å². The Balaban J connectivity index is 1.77. The van der Waals surface area contributed by atoms with Crippen LogP contribution < -0.4 is 14.2 Å². The summed E-state index contributed by atoms with van der Waals surface area (Å²) in [6.07, 6.45) is 4.88. The van der Waals surface area contributed by atoms with Crippen molar-refractivity contribution in [1.82, 2.24) is 0 Å². The predicted molar refractivity (Wildman–Crippen MR) is 103 cm³/mol. The first-order chi connectivity index (χ1) is 12.4. The van der Waals surface area contributed by atoms with Crippen LogP contribution in [0, 0.1) is 13.8 Å². The van der Waals surface area contributed by atoms with E-state index in [0.29, 0.717) is 22.6 Å². The van der Waals surface area contributed by atoms with Crippen LogP contribution in [0.3, 0.4) is 0 Å². The number of anilines is 1. The van der Waals surface area contributed by atoms with Gasteiger partial charge in [0.15, 0.2) is 0 Å². The molecule has 26 heavy (non-hydrogen) atoms. The second-order valence-corrected chi connectivity index (χ2v) is 8.36. The summed E-state index contributed by atoms with van der Waals surface area (Å²) in [6.45, 7) is 3.53. The Labute approximate surface area is 155 Å². The number of nitrogens with one attached hydrogen (secondary N) is 1. The normalized spacial score (nSPS) is 15.0.